The lowest BCUT2D eigenvalue weighted by atomic mass is 10.1. The molecule has 0 radical (unpaired) electrons. The molecule has 2 fully saturated rings. The second-order valence-electron chi connectivity index (χ2n) is 9.43. The minimum atomic E-state index is 0.810. The van der Waals surface area contributed by atoms with Crippen LogP contribution in [0.4, 0.5) is 0 Å². The van der Waals surface area contributed by atoms with E-state index in [0.29, 0.717) is 0 Å². The molecule has 0 bridgehead atoms. The van der Waals surface area contributed by atoms with Crippen LogP contribution < -0.4 is 0 Å². The van der Waals surface area contributed by atoms with Crippen LogP contribution in [0.3, 0.4) is 0 Å². The Morgan fingerprint density at radius 3 is 2.44 bits per heavy atom. The van der Waals surface area contributed by atoms with E-state index in [-0.39, 0.29) is 0 Å². The summed E-state index contributed by atoms with van der Waals surface area (Å²) in [7, 11) is 0. The van der Waals surface area contributed by atoms with Crippen LogP contribution in [0.1, 0.15) is 48.0 Å². The fourth-order valence-electron chi connectivity index (χ4n) is 4.89. The van der Waals surface area contributed by atoms with Gasteiger partial charge in [0.2, 0.25) is 0 Å². The smallest absolute Gasteiger partial charge is 0.160 e. The van der Waals surface area contributed by atoms with E-state index in [9.17, 15) is 0 Å². The first-order valence-corrected chi connectivity index (χ1v) is 12.2. The Kier molecular flexibility index (Phi) is 6.11. The lowest BCUT2D eigenvalue weighted by Crippen LogP contribution is -2.47. The zero-order valence-electron chi connectivity index (χ0n) is 19.7. The van der Waals surface area contributed by atoms with Crippen LogP contribution in [0.5, 0.6) is 0 Å². The Labute approximate surface area is 191 Å². The van der Waals surface area contributed by atoms with Gasteiger partial charge in [-0.25, -0.2) is 9.97 Å². The van der Waals surface area contributed by atoms with E-state index in [4.69, 9.17) is 9.97 Å². The number of rotatable bonds is 7. The van der Waals surface area contributed by atoms with Crippen LogP contribution in [0.25, 0.3) is 17.2 Å². The number of hydrogen-bond donors (Lipinski definition) is 0. The highest BCUT2D eigenvalue weighted by molar-refractivity contribution is 5.76. The molecule has 2 aliphatic rings. The quantitative estimate of drug-likeness (QED) is 0.556. The second kappa shape index (κ2) is 9.16. The maximum Gasteiger partial charge on any atom is 0.160 e. The van der Waals surface area contributed by atoms with Crippen molar-refractivity contribution in [3.8, 4) is 0 Å². The van der Waals surface area contributed by atoms with Gasteiger partial charge >= 0.3 is 0 Å². The molecule has 1 aromatic carbocycles. The van der Waals surface area contributed by atoms with Crippen molar-refractivity contribution < 1.29 is 0 Å². The van der Waals surface area contributed by atoms with Gasteiger partial charge < -0.3 is 4.57 Å². The van der Waals surface area contributed by atoms with Gasteiger partial charge in [0.15, 0.2) is 5.65 Å². The van der Waals surface area contributed by atoms with Crippen molar-refractivity contribution in [1.29, 1.82) is 0 Å². The van der Waals surface area contributed by atoms with Crippen LogP contribution in [0, 0.1) is 13.8 Å². The molecule has 1 aliphatic carbocycles. The molecule has 168 valence electrons. The normalized spacial score (nSPS) is 18.2. The summed E-state index contributed by atoms with van der Waals surface area (Å²) in [6, 6.07) is 12.0. The Balaban J connectivity index is 1.22. The van der Waals surface area contributed by atoms with Crippen LogP contribution in [-0.4, -0.2) is 63.1 Å². The maximum absolute atomic E-state index is 4.87. The number of hydrogen-bond acceptors (Lipinski definition) is 4. The van der Waals surface area contributed by atoms with Gasteiger partial charge in [-0.3, -0.25) is 9.80 Å². The van der Waals surface area contributed by atoms with Crippen molar-refractivity contribution in [2.24, 2.45) is 0 Å². The van der Waals surface area contributed by atoms with E-state index >= 15 is 0 Å². The predicted molar refractivity (Wildman–Crippen MR) is 132 cm³/mol. The lowest BCUT2D eigenvalue weighted by molar-refractivity contribution is 0.136. The summed E-state index contributed by atoms with van der Waals surface area (Å²) in [5.74, 6) is 1.10. The van der Waals surface area contributed by atoms with Gasteiger partial charge in [0.25, 0.3) is 0 Å². The highest BCUT2D eigenvalue weighted by atomic mass is 15.3. The zero-order valence-corrected chi connectivity index (χ0v) is 19.7. The summed E-state index contributed by atoms with van der Waals surface area (Å²) in [5, 5.41) is 0. The van der Waals surface area contributed by atoms with Crippen LogP contribution in [0.15, 0.2) is 36.4 Å². The van der Waals surface area contributed by atoms with Gasteiger partial charge in [0.1, 0.15) is 11.3 Å². The standard InChI is InChI=1S/C27H35N5/c1-4-25-29-26-20(2)18-21(3)28-27(26)32(25)19-23-9-7-22(8-10-23)6-5-13-30-14-16-31(17-15-30)24-11-12-24/h5-10,18,24H,4,11-17,19H2,1-3H3. The summed E-state index contributed by atoms with van der Waals surface area (Å²) in [6.07, 6.45) is 8.32. The summed E-state index contributed by atoms with van der Waals surface area (Å²) in [6.45, 7) is 13.1. The Morgan fingerprint density at radius 1 is 1.00 bits per heavy atom. The maximum atomic E-state index is 4.87. The molecule has 0 spiro atoms. The van der Waals surface area contributed by atoms with Crippen LogP contribution in [0.2, 0.25) is 0 Å². The fraction of sp³-hybridized carbons (Fsp3) is 0.481. The van der Waals surface area contributed by atoms with Crippen LogP contribution >= 0.6 is 0 Å². The van der Waals surface area contributed by atoms with E-state index < -0.39 is 0 Å². The Bertz CT molecular complexity index is 1100. The van der Waals surface area contributed by atoms with Gasteiger partial charge in [-0.15, -0.1) is 0 Å². The zero-order chi connectivity index (χ0) is 22.1. The minimum absolute atomic E-state index is 0.810. The van der Waals surface area contributed by atoms with Crippen molar-refractivity contribution in [1.82, 2.24) is 24.3 Å². The average Bonchev–Trinajstić information content (AvgIpc) is 3.59. The molecule has 0 N–H and O–H groups in total. The molecule has 1 saturated heterocycles. The molecular weight excluding hydrogens is 394 g/mol. The molecule has 1 aliphatic heterocycles. The molecular formula is C27H35N5. The highest BCUT2D eigenvalue weighted by Crippen LogP contribution is 2.27. The molecule has 1 saturated carbocycles. The first kappa shape index (κ1) is 21.4. The molecule has 5 nitrogen and oxygen atoms in total. The summed E-state index contributed by atoms with van der Waals surface area (Å²) >= 11 is 0. The highest BCUT2D eigenvalue weighted by Gasteiger charge is 2.30. The number of piperazine rings is 1. The number of pyridine rings is 1. The van der Waals surface area contributed by atoms with Crippen molar-refractivity contribution in [2.75, 3.05) is 32.7 Å². The van der Waals surface area contributed by atoms with E-state index in [0.717, 1.165) is 48.2 Å². The number of nitrogens with zero attached hydrogens (tertiary/aromatic N) is 5. The van der Waals surface area contributed by atoms with Gasteiger partial charge in [-0.05, 0) is 49.4 Å². The number of aromatic nitrogens is 3. The number of fused-ring (bicyclic) bond motifs is 1. The second-order valence-corrected chi connectivity index (χ2v) is 9.43. The molecule has 3 heterocycles. The average molecular weight is 430 g/mol. The molecule has 32 heavy (non-hydrogen) atoms. The van der Waals surface area contributed by atoms with E-state index in [1.54, 1.807) is 0 Å². The first-order chi connectivity index (χ1) is 15.6. The summed E-state index contributed by atoms with van der Waals surface area (Å²) in [4.78, 5) is 14.9. The van der Waals surface area contributed by atoms with E-state index in [1.807, 2.05) is 0 Å². The van der Waals surface area contributed by atoms with Crippen LogP contribution in [-0.2, 0) is 13.0 Å². The topological polar surface area (TPSA) is 37.2 Å². The van der Waals surface area contributed by atoms with E-state index in [1.165, 1.54) is 55.7 Å². The number of benzene rings is 1. The van der Waals surface area contributed by atoms with Gasteiger partial charge in [0, 0.05) is 50.9 Å². The first-order valence-electron chi connectivity index (χ1n) is 12.2. The third-order valence-electron chi connectivity index (χ3n) is 6.88. The largest absolute Gasteiger partial charge is 0.308 e. The summed E-state index contributed by atoms with van der Waals surface area (Å²) < 4.78 is 2.28. The molecule has 0 amide bonds. The van der Waals surface area contributed by atoms with Crippen molar-refractivity contribution in [2.45, 2.75) is 52.6 Å². The molecule has 3 aromatic rings. The molecule has 2 aromatic heterocycles. The third-order valence-corrected chi connectivity index (χ3v) is 6.88. The number of imidazole rings is 1. The monoisotopic (exact) mass is 429 g/mol. The van der Waals surface area contributed by atoms with Crippen molar-refractivity contribution >= 4 is 17.2 Å². The summed E-state index contributed by atoms with van der Waals surface area (Å²) in [5.41, 5.74) is 6.84. The Morgan fingerprint density at radius 2 is 1.75 bits per heavy atom. The SMILES string of the molecule is CCc1nc2c(C)cc(C)nc2n1Cc1ccc(C=CCN2CCN(C3CC3)CC2)cc1. The minimum Gasteiger partial charge on any atom is -0.308 e. The van der Waals surface area contributed by atoms with Gasteiger partial charge in [0.05, 0.1) is 6.54 Å². The predicted octanol–water partition coefficient (Wildman–Crippen LogP) is 4.45. The van der Waals surface area contributed by atoms with Crippen molar-refractivity contribution in [3.63, 3.8) is 0 Å². The fourth-order valence-corrected chi connectivity index (χ4v) is 4.89. The molecule has 5 heteroatoms. The number of aryl methyl sites for hydroxylation is 3. The van der Waals surface area contributed by atoms with E-state index in [2.05, 4.69) is 77.6 Å². The van der Waals surface area contributed by atoms with Gasteiger partial charge in [-0.1, -0.05) is 43.3 Å². The Hall–Kier alpha value is -2.50. The third kappa shape index (κ3) is 4.64. The molecule has 0 atom stereocenters. The lowest BCUT2D eigenvalue weighted by Gasteiger charge is -2.34. The van der Waals surface area contributed by atoms with Gasteiger partial charge in [-0.2, -0.15) is 0 Å². The molecule has 5 rings (SSSR count). The van der Waals surface area contributed by atoms with Crippen molar-refractivity contribution in [3.05, 3.63) is 64.6 Å². The molecule has 0 unspecified atom stereocenters.